The molecule has 0 aliphatic heterocycles. The van der Waals surface area contributed by atoms with Gasteiger partial charge < -0.3 is 23.1 Å². The topological polar surface area (TPSA) is 93.5 Å². The average Bonchev–Trinajstić information content (AvgIpc) is 3.27. The Morgan fingerprint density at radius 2 is 0.797 bits per heavy atom. The van der Waals surface area contributed by atoms with Crippen LogP contribution < -0.4 is 9.80 Å². The van der Waals surface area contributed by atoms with E-state index in [9.17, 15) is 10.5 Å². The smallest absolute Gasteiger partial charge is 0.159 e. The van der Waals surface area contributed by atoms with Crippen molar-refractivity contribution in [3.05, 3.63) is 275 Å². The predicted octanol–water partition coefficient (Wildman–Crippen LogP) is 19.1. The summed E-state index contributed by atoms with van der Waals surface area (Å²) in [5, 5.41) is 26.2. The summed E-state index contributed by atoms with van der Waals surface area (Å²) in [5.74, 6) is 0. The van der Waals surface area contributed by atoms with Crippen LogP contribution in [0.5, 0.6) is 0 Å². The standard InChI is InChI=1S/C72H44N4O3/c1-71(2)54-20-6-8-22-56(54)72(57-23-9-7-21-55(57)71)58-39-47(75(45-33-29-43(41-73)30-34-45)60-24-13-18-50-48-15-3-10-26-63(48)77-68(50)60)37-38-52(58)66-59(72)40-62(67-53-17-5-12-28-65(53)79-70(66)67)76(46-35-31-44(42-74)32-36-46)61-25-14-19-51-49-16-4-11-27-64(49)78-69(51)61/h3-40H,1-2H3. The molecular formula is C72H44N4O3. The van der Waals surface area contributed by atoms with Gasteiger partial charge in [0, 0.05) is 55.0 Å². The van der Waals surface area contributed by atoms with E-state index in [0.717, 1.165) is 122 Å². The predicted molar refractivity (Wildman–Crippen MR) is 317 cm³/mol. The van der Waals surface area contributed by atoms with Crippen molar-refractivity contribution in [2.24, 2.45) is 0 Å². The van der Waals surface area contributed by atoms with Crippen molar-refractivity contribution < 1.29 is 13.3 Å². The quantitative estimate of drug-likeness (QED) is 0.164. The molecule has 79 heavy (non-hydrogen) atoms. The maximum absolute atomic E-state index is 10.2. The number of furan rings is 3. The zero-order chi connectivity index (χ0) is 52.7. The number of para-hydroxylation sites is 5. The lowest BCUT2D eigenvalue weighted by Gasteiger charge is -2.47. The third-order valence-electron chi connectivity index (χ3n) is 17.0. The first kappa shape index (κ1) is 44.7. The average molecular weight is 1010 g/mol. The molecule has 370 valence electrons. The molecule has 3 heterocycles. The van der Waals surface area contributed by atoms with Crippen molar-refractivity contribution in [1.29, 1.82) is 10.5 Å². The van der Waals surface area contributed by atoms with E-state index in [2.05, 4.69) is 181 Å². The molecule has 7 nitrogen and oxygen atoms in total. The lowest BCUT2D eigenvalue weighted by molar-refractivity contribution is 0.563. The number of benzene rings is 11. The summed E-state index contributed by atoms with van der Waals surface area (Å²) in [7, 11) is 0. The van der Waals surface area contributed by atoms with Gasteiger partial charge in [0.1, 0.15) is 22.3 Å². The number of hydrogen-bond acceptors (Lipinski definition) is 7. The molecule has 3 aromatic heterocycles. The molecule has 14 aromatic rings. The molecule has 0 fully saturated rings. The summed E-state index contributed by atoms with van der Waals surface area (Å²) < 4.78 is 21.2. The van der Waals surface area contributed by atoms with Crippen molar-refractivity contribution >= 4 is 99.9 Å². The number of rotatable bonds is 6. The zero-order valence-electron chi connectivity index (χ0n) is 43.0. The fourth-order valence-electron chi connectivity index (χ4n) is 13.6. The zero-order valence-corrected chi connectivity index (χ0v) is 43.0. The molecule has 16 rings (SSSR count). The molecule has 7 heteroatoms. The van der Waals surface area contributed by atoms with E-state index >= 15 is 0 Å². The van der Waals surface area contributed by atoms with E-state index in [1.54, 1.807) is 0 Å². The monoisotopic (exact) mass is 1010 g/mol. The second-order valence-corrected chi connectivity index (χ2v) is 21.3. The fourth-order valence-corrected chi connectivity index (χ4v) is 13.6. The Morgan fingerprint density at radius 3 is 1.35 bits per heavy atom. The molecule has 2 aliphatic rings. The summed E-state index contributed by atoms with van der Waals surface area (Å²) in [4.78, 5) is 4.58. The molecule has 1 spiro atoms. The molecule has 0 saturated heterocycles. The van der Waals surface area contributed by atoms with E-state index in [0.29, 0.717) is 11.1 Å². The van der Waals surface area contributed by atoms with Crippen LogP contribution in [0.2, 0.25) is 0 Å². The Balaban J connectivity index is 1.06. The summed E-state index contributed by atoms with van der Waals surface area (Å²) >= 11 is 0. The lowest BCUT2D eigenvalue weighted by atomic mass is 9.55. The Bertz CT molecular complexity index is 4930. The van der Waals surface area contributed by atoms with Gasteiger partial charge in [0.25, 0.3) is 0 Å². The minimum Gasteiger partial charge on any atom is -0.455 e. The van der Waals surface area contributed by atoms with Gasteiger partial charge in [0.2, 0.25) is 0 Å². The van der Waals surface area contributed by atoms with Gasteiger partial charge in [-0.3, -0.25) is 0 Å². The van der Waals surface area contributed by atoms with Gasteiger partial charge in [-0.15, -0.1) is 0 Å². The van der Waals surface area contributed by atoms with Gasteiger partial charge in [-0.05, 0) is 136 Å². The maximum atomic E-state index is 10.2. The van der Waals surface area contributed by atoms with Crippen LogP contribution in [0.4, 0.5) is 34.1 Å². The molecule has 0 unspecified atom stereocenters. The maximum Gasteiger partial charge on any atom is 0.159 e. The Kier molecular flexibility index (Phi) is 9.30. The molecule has 0 saturated carbocycles. The lowest BCUT2D eigenvalue weighted by Crippen LogP contribution is -2.40. The highest BCUT2D eigenvalue weighted by molar-refractivity contribution is 6.21. The third-order valence-corrected chi connectivity index (χ3v) is 17.0. The van der Waals surface area contributed by atoms with Crippen LogP contribution in [0.25, 0.3) is 76.9 Å². The van der Waals surface area contributed by atoms with Gasteiger partial charge in [-0.2, -0.15) is 10.5 Å². The van der Waals surface area contributed by atoms with Crippen LogP contribution in [-0.2, 0) is 10.8 Å². The van der Waals surface area contributed by atoms with Crippen molar-refractivity contribution in [3.63, 3.8) is 0 Å². The number of nitriles is 2. The third kappa shape index (κ3) is 6.10. The van der Waals surface area contributed by atoms with Gasteiger partial charge in [-0.1, -0.05) is 147 Å². The molecular weight excluding hydrogens is 969 g/mol. The van der Waals surface area contributed by atoms with E-state index in [-0.39, 0.29) is 5.41 Å². The van der Waals surface area contributed by atoms with Crippen molar-refractivity contribution in [3.8, 4) is 23.3 Å². The van der Waals surface area contributed by atoms with Crippen molar-refractivity contribution in [1.82, 2.24) is 0 Å². The van der Waals surface area contributed by atoms with Crippen LogP contribution in [-0.4, -0.2) is 0 Å². The molecule has 0 N–H and O–H groups in total. The Labute approximate surface area is 454 Å². The summed E-state index contributed by atoms with van der Waals surface area (Å²) in [6.07, 6.45) is 0. The first-order valence-corrected chi connectivity index (χ1v) is 26.6. The normalized spacial score (nSPS) is 13.6. The van der Waals surface area contributed by atoms with E-state index in [1.807, 2.05) is 84.9 Å². The summed E-state index contributed by atoms with van der Waals surface area (Å²) in [6.45, 7) is 4.69. The van der Waals surface area contributed by atoms with Gasteiger partial charge in [-0.25, -0.2) is 0 Å². The van der Waals surface area contributed by atoms with E-state index in [4.69, 9.17) is 13.3 Å². The number of hydrogen-bond donors (Lipinski definition) is 0. The van der Waals surface area contributed by atoms with Crippen LogP contribution in [0, 0.1) is 22.7 Å². The minimum absolute atomic E-state index is 0.373. The second-order valence-electron chi connectivity index (χ2n) is 21.3. The minimum atomic E-state index is -0.908. The Hall–Kier alpha value is -10.6. The molecule has 0 amide bonds. The second kappa shape index (κ2) is 16.5. The van der Waals surface area contributed by atoms with Crippen molar-refractivity contribution in [2.45, 2.75) is 24.7 Å². The summed E-state index contributed by atoms with van der Waals surface area (Å²) in [5.41, 5.74) is 18.9. The van der Waals surface area contributed by atoms with Crippen LogP contribution in [0.15, 0.2) is 244 Å². The fraction of sp³-hybridized carbons (Fsp3) is 0.0556. The SMILES string of the molecule is CC1(C)c2ccccc2C2(c3cc(N(c4ccc(C#N)cc4)c4cccc5c4oc4ccccc45)ccc3-c3c2cc(N(c2ccc(C#N)cc2)c2cccc4c2oc2ccccc24)c2c3oc3ccccc32)c2ccccc21. The Morgan fingerprint density at radius 1 is 0.354 bits per heavy atom. The van der Waals surface area contributed by atoms with Crippen LogP contribution in [0.1, 0.15) is 58.4 Å². The highest BCUT2D eigenvalue weighted by Gasteiger charge is 2.55. The first-order chi connectivity index (χ1) is 38.8. The molecule has 0 radical (unpaired) electrons. The van der Waals surface area contributed by atoms with E-state index < -0.39 is 5.41 Å². The number of fused-ring (bicyclic) bond motifs is 19. The highest BCUT2D eigenvalue weighted by atomic mass is 16.3. The van der Waals surface area contributed by atoms with Gasteiger partial charge in [0.05, 0.1) is 51.1 Å². The van der Waals surface area contributed by atoms with Crippen LogP contribution >= 0.6 is 0 Å². The molecule has 0 atom stereocenters. The number of anilines is 6. The van der Waals surface area contributed by atoms with Crippen LogP contribution in [0.3, 0.4) is 0 Å². The largest absolute Gasteiger partial charge is 0.455 e. The van der Waals surface area contributed by atoms with Gasteiger partial charge in [0.15, 0.2) is 11.2 Å². The first-order valence-electron chi connectivity index (χ1n) is 26.6. The highest BCUT2D eigenvalue weighted by Crippen LogP contribution is 2.66. The molecule has 11 aromatic carbocycles. The van der Waals surface area contributed by atoms with Crippen molar-refractivity contribution in [2.75, 3.05) is 9.80 Å². The van der Waals surface area contributed by atoms with Gasteiger partial charge >= 0.3 is 0 Å². The molecule has 2 aliphatic carbocycles. The number of nitrogens with zero attached hydrogens (tertiary/aromatic N) is 4. The van der Waals surface area contributed by atoms with E-state index in [1.165, 1.54) is 22.3 Å². The molecule has 0 bridgehead atoms. The summed E-state index contributed by atoms with van der Waals surface area (Å²) in [6, 6.07) is 85.1.